The van der Waals surface area contributed by atoms with Gasteiger partial charge in [0.2, 0.25) is 0 Å². The molecule has 0 aliphatic rings. The van der Waals surface area contributed by atoms with Crippen molar-refractivity contribution < 1.29 is 9.90 Å². The highest BCUT2D eigenvalue weighted by Gasteiger charge is 2.14. The molecule has 0 bridgehead atoms. The smallest absolute Gasteiger partial charge is 0.271 e. The van der Waals surface area contributed by atoms with Gasteiger partial charge in [-0.3, -0.25) is 20.6 Å². The minimum Gasteiger partial charge on any atom is -0.395 e. The second kappa shape index (κ2) is 7.90. The van der Waals surface area contributed by atoms with E-state index in [1.807, 2.05) is 11.8 Å². The zero-order valence-electron chi connectivity index (χ0n) is 12.7. The Hall–Kier alpha value is -2.94. The summed E-state index contributed by atoms with van der Waals surface area (Å²) in [5.41, 5.74) is 11.9. The summed E-state index contributed by atoms with van der Waals surface area (Å²) < 4.78 is 0. The number of likely N-dealkylation sites (N-methyl/N-ethyl adjacent to an activating group) is 1. The average molecular weight is 317 g/mol. The van der Waals surface area contributed by atoms with Crippen molar-refractivity contribution in [2.45, 2.75) is 6.92 Å². The molecule has 0 unspecified atom stereocenters. The number of nitrogen functional groups attached to an aromatic ring is 1. The molecule has 2 heterocycles. The highest BCUT2D eigenvalue weighted by atomic mass is 16.3. The average Bonchev–Trinajstić information content (AvgIpc) is 2.59. The van der Waals surface area contributed by atoms with Gasteiger partial charge in [0.05, 0.1) is 12.2 Å². The number of anilines is 3. The summed E-state index contributed by atoms with van der Waals surface area (Å²) in [5.74, 6) is 0.415. The fourth-order valence-electron chi connectivity index (χ4n) is 1.96. The number of nitrogens with zero attached hydrogens (tertiary/aromatic N) is 4. The number of nitrogens with two attached hydrogens (primary N) is 1. The molecule has 0 saturated heterocycles. The maximum Gasteiger partial charge on any atom is 0.271 e. The molecule has 23 heavy (non-hydrogen) atoms. The van der Waals surface area contributed by atoms with Crippen LogP contribution in [0.4, 0.5) is 17.3 Å². The van der Waals surface area contributed by atoms with E-state index in [-0.39, 0.29) is 24.0 Å². The molecule has 0 fully saturated rings. The molecule has 122 valence electrons. The topological polar surface area (TPSA) is 129 Å². The zero-order chi connectivity index (χ0) is 16.7. The Balaban J connectivity index is 2.10. The molecule has 0 radical (unpaired) electrons. The first-order valence-electron chi connectivity index (χ1n) is 7.10. The Morgan fingerprint density at radius 2 is 2.26 bits per heavy atom. The largest absolute Gasteiger partial charge is 0.395 e. The monoisotopic (exact) mass is 317 g/mol. The molecule has 0 atom stereocenters. The SMILES string of the molecule is CCN(CCO)c1ncnc(NNC(=O)c2cccnc2)c1N. The van der Waals surface area contributed by atoms with Gasteiger partial charge in [-0.1, -0.05) is 0 Å². The fraction of sp³-hybridized carbons (Fsp3) is 0.286. The van der Waals surface area contributed by atoms with Crippen LogP contribution in [-0.4, -0.2) is 45.7 Å². The van der Waals surface area contributed by atoms with E-state index in [0.717, 1.165) is 0 Å². The van der Waals surface area contributed by atoms with Crippen LogP contribution in [0.15, 0.2) is 30.9 Å². The van der Waals surface area contributed by atoms with Crippen LogP contribution >= 0.6 is 0 Å². The fourth-order valence-corrected chi connectivity index (χ4v) is 1.96. The second-order valence-corrected chi connectivity index (χ2v) is 4.58. The lowest BCUT2D eigenvalue weighted by atomic mass is 10.3. The molecular formula is C14H19N7O2. The van der Waals surface area contributed by atoms with Crippen LogP contribution in [0.5, 0.6) is 0 Å². The van der Waals surface area contributed by atoms with Gasteiger partial charge in [-0.25, -0.2) is 9.97 Å². The van der Waals surface area contributed by atoms with Gasteiger partial charge in [0.25, 0.3) is 5.91 Å². The molecular weight excluding hydrogens is 298 g/mol. The quantitative estimate of drug-likeness (QED) is 0.526. The number of hydrogen-bond donors (Lipinski definition) is 4. The van der Waals surface area contributed by atoms with Gasteiger partial charge >= 0.3 is 0 Å². The molecule has 9 nitrogen and oxygen atoms in total. The van der Waals surface area contributed by atoms with Crippen LogP contribution in [0, 0.1) is 0 Å². The molecule has 2 aromatic heterocycles. The third-order valence-corrected chi connectivity index (χ3v) is 3.13. The Kier molecular flexibility index (Phi) is 5.64. The predicted molar refractivity (Wildman–Crippen MR) is 86.7 cm³/mol. The van der Waals surface area contributed by atoms with E-state index in [1.165, 1.54) is 12.5 Å². The van der Waals surface area contributed by atoms with Crippen molar-refractivity contribution >= 4 is 23.2 Å². The van der Waals surface area contributed by atoms with Gasteiger partial charge in [0, 0.05) is 25.5 Å². The number of aliphatic hydroxyl groups is 1. The van der Waals surface area contributed by atoms with Crippen molar-refractivity contribution in [2.24, 2.45) is 0 Å². The number of carbonyl (C=O) groups is 1. The first-order chi connectivity index (χ1) is 11.2. The molecule has 5 N–H and O–H groups in total. The van der Waals surface area contributed by atoms with Gasteiger partial charge in [-0.05, 0) is 19.1 Å². The lowest BCUT2D eigenvalue weighted by Gasteiger charge is -2.23. The molecule has 0 aromatic carbocycles. The van der Waals surface area contributed by atoms with Crippen molar-refractivity contribution in [1.29, 1.82) is 0 Å². The summed E-state index contributed by atoms with van der Waals surface area (Å²) in [4.78, 5) is 25.8. The van der Waals surface area contributed by atoms with Crippen molar-refractivity contribution in [3.05, 3.63) is 36.4 Å². The number of rotatable bonds is 7. The molecule has 2 rings (SSSR count). The summed E-state index contributed by atoms with van der Waals surface area (Å²) in [6.45, 7) is 2.94. The highest BCUT2D eigenvalue weighted by Crippen LogP contribution is 2.25. The lowest BCUT2D eigenvalue weighted by molar-refractivity contribution is 0.0962. The van der Waals surface area contributed by atoms with Crippen molar-refractivity contribution in [3.8, 4) is 0 Å². The van der Waals surface area contributed by atoms with Crippen LogP contribution in [0.3, 0.4) is 0 Å². The number of hydrogen-bond acceptors (Lipinski definition) is 8. The number of nitrogens with one attached hydrogen (secondary N) is 2. The number of hydrazine groups is 1. The van der Waals surface area contributed by atoms with Crippen LogP contribution in [-0.2, 0) is 0 Å². The zero-order valence-corrected chi connectivity index (χ0v) is 12.7. The normalized spacial score (nSPS) is 10.2. The van der Waals surface area contributed by atoms with Crippen LogP contribution in [0.2, 0.25) is 0 Å². The number of pyridine rings is 1. The molecule has 0 aliphatic heterocycles. The molecule has 0 saturated carbocycles. The molecule has 0 spiro atoms. The number of carbonyl (C=O) groups excluding carboxylic acids is 1. The summed E-state index contributed by atoms with van der Waals surface area (Å²) >= 11 is 0. The van der Waals surface area contributed by atoms with Crippen LogP contribution < -0.4 is 21.5 Å². The van der Waals surface area contributed by atoms with Gasteiger partial charge < -0.3 is 15.7 Å². The second-order valence-electron chi connectivity index (χ2n) is 4.58. The standard InChI is InChI=1S/C14H19N7O2/c1-2-21(6-7-22)13-11(15)12(17-9-18-13)19-20-14(23)10-4-3-5-16-8-10/h3-5,8-9,22H,2,6-7,15H2,1H3,(H,20,23)(H,17,18,19). The van der Waals surface area contributed by atoms with Crippen molar-refractivity contribution in [3.63, 3.8) is 0 Å². The maximum atomic E-state index is 12.0. The number of amides is 1. The van der Waals surface area contributed by atoms with Gasteiger partial charge in [0.1, 0.15) is 12.0 Å². The van der Waals surface area contributed by atoms with Crippen LogP contribution in [0.1, 0.15) is 17.3 Å². The maximum absolute atomic E-state index is 12.0. The van der Waals surface area contributed by atoms with E-state index >= 15 is 0 Å². The Morgan fingerprint density at radius 3 is 2.91 bits per heavy atom. The Labute approximate surface area is 133 Å². The lowest BCUT2D eigenvalue weighted by Crippen LogP contribution is -2.32. The summed E-state index contributed by atoms with van der Waals surface area (Å²) in [6.07, 6.45) is 4.37. The minimum atomic E-state index is -0.361. The summed E-state index contributed by atoms with van der Waals surface area (Å²) in [7, 11) is 0. The molecule has 1 amide bonds. The molecule has 2 aromatic rings. The summed E-state index contributed by atoms with van der Waals surface area (Å²) in [5, 5.41) is 9.09. The van der Waals surface area contributed by atoms with E-state index in [1.54, 1.807) is 18.3 Å². The van der Waals surface area contributed by atoms with E-state index in [0.29, 0.717) is 24.5 Å². The van der Waals surface area contributed by atoms with Crippen molar-refractivity contribution in [2.75, 3.05) is 35.8 Å². The Morgan fingerprint density at radius 1 is 1.43 bits per heavy atom. The van der Waals surface area contributed by atoms with E-state index < -0.39 is 0 Å². The van der Waals surface area contributed by atoms with Gasteiger partial charge in [-0.15, -0.1) is 0 Å². The third-order valence-electron chi connectivity index (χ3n) is 3.13. The van der Waals surface area contributed by atoms with Crippen molar-refractivity contribution in [1.82, 2.24) is 20.4 Å². The number of aromatic nitrogens is 3. The number of aliphatic hydroxyl groups excluding tert-OH is 1. The summed E-state index contributed by atoms with van der Waals surface area (Å²) in [6, 6.07) is 3.30. The first kappa shape index (κ1) is 16.4. The first-order valence-corrected chi connectivity index (χ1v) is 7.10. The highest BCUT2D eigenvalue weighted by molar-refractivity contribution is 5.94. The van der Waals surface area contributed by atoms with E-state index in [9.17, 15) is 4.79 Å². The third kappa shape index (κ3) is 4.04. The van der Waals surface area contributed by atoms with Crippen LogP contribution in [0.25, 0.3) is 0 Å². The Bertz CT molecular complexity index is 651. The van der Waals surface area contributed by atoms with E-state index in [2.05, 4.69) is 25.8 Å². The van der Waals surface area contributed by atoms with E-state index in [4.69, 9.17) is 10.8 Å². The molecule has 0 aliphatic carbocycles. The minimum absolute atomic E-state index is 0.0161. The predicted octanol–water partition coefficient (Wildman–Crippen LogP) is 0.0293. The van der Waals surface area contributed by atoms with Gasteiger partial charge in [0.15, 0.2) is 11.6 Å². The van der Waals surface area contributed by atoms with Gasteiger partial charge in [-0.2, -0.15) is 0 Å². The molecule has 9 heteroatoms.